The van der Waals surface area contributed by atoms with Gasteiger partial charge < -0.3 is 38.9 Å². The quantitative estimate of drug-likeness (QED) is 0.0502. The number of fused-ring (bicyclic) bond motifs is 2. The Kier molecular flexibility index (Phi) is 14.8. The van der Waals surface area contributed by atoms with Gasteiger partial charge in [0.05, 0.1) is 24.1 Å². The van der Waals surface area contributed by atoms with Crippen LogP contribution < -0.4 is 9.47 Å². The molecule has 54 heavy (non-hydrogen) atoms. The monoisotopic (exact) mass is 784 g/mol. The van der Waals surface area contributed by atoms with Crippen LogP contribution in [0.4, 0.5) is 4.79 Å². The van der Waals surface area contributed by atoms with Crippen LogP contribution in [-0.4, -0.2) is 90.0 Å². The van der Waals surface area contributed by atoms with Crippen molar-refractivity contribution >= 4 is 35.2 Å². The van der Waals surface area contributed by atoms with Gasteiger partial charge in [0.1, 0.15) is 35.5 Å². The van der Waals surface area contributed by atoms with Gasteiger partial charge in [0.15, 0.2) is 0 Å². The summed E-state index contributed by atoms with van der Waals surface area (Å²) in [6.45, 7) is 10.3. The van der Waals surface area contributed by atoms with E-state index in [0.29, 0.717) is 30.1 Å². The van der Waals surface area contributed by atoms with E-state index in [1.54, 1.807) is 29.8 Å². The molecule has 1 amide bonds. The first kappa shape index (κ1) is 41.9. The molecule has 0 unspecified atom stereocenters. The standard InChI is InChI=1S/C42H57ClN2O8S/c1-7-23-50-42-37(45(5)40(48)49-24-20-43)27-35(44-53-41(2,3)4)33-25-28(12-8-10-21-46)32(13-9-11-22-47)38(39(33)42)34-26-30(16-19-36(34)52-42)51-29-14-17-31(54-6)18-15-29/h7,14-19,25-26,28,32,37-39,46-47H,1,8-13,20-24,27H2,2-6H3/t28-,32+,37-,38+,39+,42+/m0/s1. The molecule has 10 nitrogen and oxygen atoms in total. The molecule has 1 saturated carbocycles. The summed E-state index contributed by atoms with van der Waals surface area (Å²) < 4.78 is 26.1. The van der Waals surface area contributed by atoms with Gasteiger partial charge in [-0.3, -0.25) is 0 Å². The topological polar surface area (TPSA) is 119 Å². The SMILES string of the molecule is C=CCO[C@@]12Oc3ccc(Oc4ccc(SC)cc4)cc3[C@H]3[C@H](CCCCO)[C@@H](CCCCO)C=C(C(=NOC(C)(C)C)C[C@@H]1N(C)C(=O)OCCCl)[C@H]32. The molecule has 2 aromatic rings. The van der Waals surface area contributed by atoms with Crippen molar-refractivity contribution in [3.05, 3.63) is 72.3 Å². The maximum atomic E-state index is 13.7. The molecule has 2 N–H and O–H groups in total. The minimum absolute atomic E-state index is 0.0537. The number of aliphatic hydroxyl groups excluding tert-OH is 2. The Morgan fingerprint density at radius 2 is 1.80 bits per heavy atom. The van der Waals surface area contributed by atoms with Crippen molar-refractivity contribution in [3.63, 3.8) is 0 Å². The van der Waals surface area contributed by atoms with Gasteiger partial charge in [0.25, 0.3) is 0 Å². The van der Waals surface area contributed by atoms with E-state index in [0.717, 1.165) is 47.5 Å². The number of oxime groups is 1. The first-order valence-electron chi connectivity index (χ1n) is 19.0. The van der Waals surface area contributed by atoms with E-state index in [9.17, 15) is 15.0 Å². The van der Waals surface area contributed by atoms with Crippen molar-refractivity contribution < 1.29 is 38.8 Å². The lowest BCUT2D eigenvalue weighted by molar-refractivity contribution is -0.253. The number of nitrogens with zero attached hydrogens (tertiary/aromatic N) is 2. The van der Waals surface area contributed by atoms with Crippen LogP contribution in [-0.2, 0) is 14.3 Å². The molecule has 296 valence electrons. The zero-order valence-electron chi connectivity index (χ0n) is 32.3. The van der Waals surface area contributed by atoms with Crippen LogP contribution in [0.3, 0.4) is 0 Å². The molecular weight excluding hydrogens is 728 g/mol. The number of amides is 1. The van der Waals surface area contributed by atoms with Crippen molar-refractivity contribution in [1.29, 1.82) is 0 Å². The lowest BCUT2D eigenvalue weighted by Crippen LogP contribution is -2.69. The summed E-state index contributed by atoms with van der Waals surface area (Å²) in [6, 6.07) is 13.3. The highest BCUT2D eigenvalue weighted by molar-refractivity contribution is 7.98. The van der Waals surface area contributed by atoms with Crippen LogP contribution >= 0.6 is 23.4 Å². The molecule has 0 aromatic heterocycles. The summed E-state index contributed by atoms with van der Waals surface area (Å²) in [5.74, 6) is 0.438. The fourth-order valence-corrected chi connectivity index (χ4v) is 8.60. The number of hydrogen-bond acceptors (Lipinski definition) is 10. The average Bonchev–Trinajstić information content (AvgIpc) is 3.16. The number of benzene rings is 2. The second-order valence-corrected chi connectivity index (χ2v) is 16.4. The normalized spacial score (nSPS) is 25.1. The molecule has 0 radical (unpaired) electrons. The van der Waals surface area contributed by atoms with Crippen molar-refractivity contribution in [2.45, 2.75) is 94.0 Å². The lowest BCUT2D eigenvalue weighted by Gasteiger charge is -2.59. The Morgan fingerprint density at radius 3 is 2.44 bits per heavy atom. The first-order chi connectivity index (χ1) is 26.0. The van der Waals surface area contributed by atoms with E-state index in [-0.39, 0.29) is 56.5 Å². The fraction of sp³-hybridized carbons (Fsp3) is 0.571. The minimum atomic E-state index is -1.37. The second-order valence-electron chi connectivity index (χ2n) is 15.2. The summed E-state index contributed by atoms with van der Waals surface area (Å²) in [7, 11) is 1.70. The number of likely N-dealkylation sites (N-methyl/N-ethyl adjacent to an activating group) is 1. The summed E-state index contributed by atoms with van der Waals surface area (Å²) in [5.41, 5.74) is 2.09. The average molecular weight is 785 g/mol. The highest BCUT2D eigenvalue weighted by Crippen LogP contribution is 2.62. The highest BCUT2D eigenvalue weighted by atomic mass is 35.5. The predicted molar refractivity (Wildman–Crippen MR) is 214 cm³/mol. The van der Waals surface area contributed by atoms with Crippen LogP contribution in [0.15, 0.2) is 76.8 Å². The number of alkyl halides is 1. The van der Waals surface area contributed by atoms with Gasteiger partial charge in [-0.2, -0.15) is 0 Å². The number of allylic oxidation sites excluding steroid dienone is 1. The molecule has 3 aliphatic rings. The number of carbonyl (C=O) groups excluding carboxylic acids is 1. The Bertz CT molecular complexity index is 1630. The third-order valence-corrected chi connectivity index (χ3v) is 11.3. The first-order valence-corrected chi connectivity index (χ1v) is 20.8. The van der Waals surface area contributed by atoms with Crippen molar-refractivity contribution in [1.82, 2.24) is 4.90 Å². The molecule has 0 saturated heterocycles. The van der Waals surface area contributed by atoms with Crippen LogP contribution in [0.2, 0.25) is 0 Å². The van der Waals surface area contributed by atoms with E-state index < -0.39 is 29.4 Å². The molecule has 5 rings (SSSR count). The van der Waals surface area contributed by atoms with Crippen molar-refractivity contribution in [2.24, 2.45) is 22.9 Å². The smallest absolute Gasteiger partial charge is 0.410 e. The summed E-state index contributed by atoms with van der Waals surface area (Å²) in [4.78, 5) is 22.5. The number of thioether (sulfide) groups is 1. The second kappa shape index (κ2) is 19.1. The van der Waals surface area contributed by atoms with Gasteiger partial charge in [0, 0.05) is 43.1 Å². The van der Waals surface area contributed by atoms with Gasteiger partial charge in [-0.05, 0) is 113 Å². The van der Waals surface area contributed by atoms with Crippen molar-refractivity contribution in [2.75, 3.05) is 45.6 Å². The zero-order chi connectivity index (χ0) is 38.9. The third-order valence-electron chi connectivity index (χ3n) is 10.4. The van der Waals surface area contributed by atoms with E-state index in [2.05, 4.69) is 18.7 Å². The van der Waals surface area contributed by atoms with E-state index >= 15 is 0 Å². The fourth-order valence-electron chi connectivity index (χ4n) is 8.12. The predicted octanol–water partition coefficient (Wildman–Crippen LogP) is 8.94. The summed E-state index contributed by atoms with van der Waals surface area (Å²) in [5, 5.41) is 24.5. The van der Waals surface area contributed by atoms with Crippen LogP contribution in [0.5, 0.6) is 17.2 Å². The molecular formula is C42H57ClN2O8S. The number of halogens is 1. The lowest BCUT2D eigenvalue weighted by atomic mass is 9.55. The molecule has 0 spiro atoms. The molecule has 2 aliphatic carbocycles. The Morgan fingerprint density at radius 1 is 1.09 bits per heavy atom. The number of rotatable bonds is 18. The van der Waals surface area contributed by atoms with Crippen LogP contribution in [0.1, 0.15) is 77.2 Å². The van der Waals surface area contributed by atoms with Crippen LogP contribution in [0, 0.1) is 17.8 Å². The Hall–Kier alpha value is -3.22. The van der Waals surface area contributed by atoms with Gasteiger partial charge >= 0.3 is 6.09 Å². The molecule has 12 heteroatoms. The molecule has 2 aromatic carbocycles. The number of aliphatic hydroxyl groups is 2. The van der Waals surface area contributed by atoms with E-state index in [1.165, 1.54) is 0 Å². The number of hydrogen-bond donors (Lipinski definition) is 2. The third kappa shape index (κ3) is 9.59. The molecule has 1 fully saturated rings. The van der Waals surface area contributed by atoms with Gasteiger partial charge in [-0.1, -0.05) is 30.1 Å². The van der Waals surface area contributed by atoms with Crippen LogP contribution in [0.25, 0.3) is 0 Å². The van der Waals surface area contributed by atoms with Crippen molar-refractivity contribution in [3.8, 4) is 17.2 Å². The number of carbonyl (C=O) groups is 1. The minimum Gasteiger partial charge on any atom is -0.459 e. The van der Waals surface area contributed by atoms with Gasteiger partial charge in [-0.25, -0.2) is 4.79 Å². The molecule has 0 bridgehead atoms. The maximum Gasteiger partial charge on any atom is 0.410 e. The molecule has 6 atom stereocenters. The zero-order valence-corrected chi connectivity index (χ0v) is 33.9. The molecule has 1 heterocycles. The van der Waals surface area contributed by atoms with E-state index in [4.69, 9.17) is 40.5 Å². The Labute approximate surface area is 329 Å². The highest BCUT2D eigenvalue weighted by Gasteiger charge is 2.65. The summed E-state index contributed by atoms with van der Waals surface area (Å²) >= 11 is 7.61. The maximum absolute atomic E-state index is 13.7. The Balaban J connectivity index is 1.75. The van der Waals surface area contributed by atoms with Gasteiger partial charge in [0.2, 0.25) is 5.79 Å². The largest absolute Gasteiger partial charge is 0.459 e. The van der Waals surface area contributed by atoms with Gasteiger partial charge in [-0.15, -0.1) is 29.9 Å². The number of ether oxygens (including phenoxy) is 4. The molecule has 1 aliphatic heterocycles. The van der Waals surface area contributed by atoms with E-state index in [1.807, 2.05) is 63.4 Å². The number of unbranched alkanes of at least 4 members (excludes halogenated alkanes) is 2. The summed E-state index contributed by atoms with van der Waals surface area (Å²) in [6.07, 6.45) is 10.5.